The number of aromatic nitrogens is 1. The van der Waals surface area contributed by atoms with Gasteiger partial charge in [-0.15, -0.1) is 0 Å². The number of hydrogen-bond donors (Lipinski definition) is 2. The van der Waals surface area contributed by atoms with Crippen molar-refractivity contribution in [1.29, 1.82) is 0 Å². The molecule has 2 N–H and O–H groups in total. The number of nitrogens with zero attached hydrogens (tertiary/aromatic N) is 1. The number of ether oxygens (including phenoxy) is 1. The minimum Gasteiger partial charge on any atom is -0.478 e. The maximum atomic E-state index is 11.3. The van der Waals surface area contributed by atoms with Crippen LogP contribution in [0.1, 0.15) is 45.9 Å². The molecule has 158 valence electrons. The van der Waals surface area contributed by atoms with Crippen molar-refractivity contribution < 1.29 is 14.6 Å². The number of benzene rings is 2. The maximum Gasteiger partial charge on any atom is 0.335 e. The SMILES string of the molecule is COCC1CCN(Cc2c(Cl)cc(C)c3[nH]ccc23)[C@H](c2ccc(C(=O)O)cc2)C1. The molecule has 2 heterocycles. The van der Waals surface area contributed by atoms with Crippen molar-refractivity contribution in [2.45, 2.75) is 32.4 Å². The monoisotopic (exact) mass is 426 g/mol. The Balaban J connectivity index is 1.67. The van der Waals surface area contributed by atoms with Crippen LogP contribution in [0.15, 0.2) is 42.6 Å². The van der Waals surface area contributed by atoms with Gasteiger partial charge in [-0.3, -0.25) is 4.90 Å². The van der Waals surface area contributed by atoms with Gasteiger partial charge in [0.15, 0.2) is 0 Å². The summed E-state index contributed by atoms with van der Waals surface area (Å²) in [5.41, 5.74) is 4.85. The summed E-state index contributed by atoms with van der Waals surface area (Å²) < 4.78 is 5.43. The first-order valence-corrected chi connectivity index (χ1v) is 10.7. The quantitative estimate of drug-likeness (QED) is 0.551. The first-order valence-electron chi connectivity index (χ1n) is 10.3. The number of halogens is 1. The summed E-state index contributed by atoms with van der Waals surface area (Å²) in [7, 11) is 1.75. The molecule has 4 rings (SSSR count). The van der Waals surface area contributed by atoms with E-state index in [1.807, 2.05) is 24.4 Å². The Kier molecular flexibility index (Phi) is 6.14. The summed E-state index contributed by atoms with van der Waals surface area (Å²) in [5, 5.41) is 11.2. The second-order valence-corrected chi connectivity index (χ2v) is 8.59. The molecule has 1 aliphatic heterocycles. The lowest BCUT2D eigenvalue weighted by molar-refractivity contribution is 0.0583. The van der Waals surface area contributed by atoms with E-state index in [2.05, 4.69) is 22.9 Å². The van der Waals surface area contributed by atoms with Crippen LogP contribution < -0.4 is 0 Å². The number of carbonyl (C=O) groups is 1. The standard InChI is InChI=1S/C24H27ClN2O3/c1-15-11-21(25)20(19-7-9-26-23(15)19)13-27-10-8-16(14-30-2)12-22(27)17-3-5-18(6-4-17)24(28)29/h3-7,9,11,16,22,26H,8,10,12-14H2,1-2H3,(H,28,29)/t16?,22-/m0/s1. The average molecular weight is 427 g/mol. The van der Waals surface area contributed by atoms with Crippen LogP contribution in [0.5, 0.6) is 0 Å². The van der Waals surface area contributed by atoms with Crippen molar-refractivity contribution in [1.82, 2.24) is 9.88 Å². The Morgan fingerprint density at radius 3 is 2.77 bits per heavy atom. The molecule has 1 aromatic heterocycles. The van der Waals surface area contributed by atoms with Crippen molar-refractivity contribution in [3.8, 4) is 0 Å². The van der Waals surface area contributed by atoms with E-state index in [9.17, 15) is 9.90 Å². The summed E-state index contributed by atoms with van der Waals surface area (Å²) in [6.07, 6.45) is 4.00. The molecule has 0 amide bonds. The lowest BCUT2D eigenvalue weighted by Crippen LogP contribution is -2.37. The van der Waals surface area contributed by atoms with Crippen molar-refractivity contribution in [3.63, 3.8) is 0 Å². The van der Waals surface area contributed by atoms with Gasteiger partial charge in [0, 0.05) is 48.4 Å². The van der Waals surface area contributed by atoms with Crippen LogP contribution in [0.4, 0.5) is 0 Å². The lowest BCUT2D eigenvalue weighted by atomic mass is 9.86. The lowest BCUT2D eigenvalue weighted by Gasteiger charge is -2.40. The van der Waals surface area contributed by atoms with Crippen LogP contribution in [0, 0.1) is 12.8 Å². The summed E-state index contributed by atoms with van der Waals surface area (Å²) in [6, 6.07) is 11.6. The number of rotatable bonds is 6. The smallest absolute Gasteiger partial charge is 0.335 e. The minimum absolute atomic E-state index is 0.188. The zero-order chi connectivity index (χ0) is 21.3. The molecular formula is C24H27ClN2O3. The van der Waals surface area contributed by atoms with E-state index in [1.54, 1.807) is 19.2 Å². The van der Waals surface area contributed by atoms with Crippen LogP contribution in [0.25, 0.3) is 10.9 Å². The van der Waals surface area contributed by atoms with Crippen molar-refractivity contribution in [2.75, 3.05) is 20.3 Å². The highest BCUT2D eigenvalue weighted by molar-refractivity contribution is 6.32. The van der Waals surface area contributed by atoms with Gasteiger partial charge in [0.25, 0.3) is 0 Å². The fourth-order valence-corrected chi connectivity index (χ4v) is 4.97. The summed E-state index contributed by atoms with van der Waals surface area (Å²) >= 11 is 6.69. The predicted molar refractivity (Wildman–Crippen MR) is 119 cm³/mol. The maximum absolute atomic E-state index is 11.3. The van der Waals surface area contributed by atoms with Gasteiger partial charge >= 0.3 is 5.97 Å². The third-order valence-corrected chi connectivity index (χ3v) is 6.56. The largest absolute Gasteiger partial charge is 0.478 e. The number of likely N-dealkylation sites (tertiary alicyclic amines) is 1. The first-order chi connectivity index (χ1) is 14.5. The molecule has 0 saturated carbocycles. The normalized spacial score (nSPS) is 20.0. The van der Waals surface area contributed by atoms with E-state index < -0.39 is 5.97 Å². The van der Waals surface area contributed by atoms with Crippen LogP contribution in [0.2, 0.25) is 5.02 Å². The Morgan fingerprint density at radius 2 is 2.07 bits per heavy atom. The van der Waals surface area contributed by atoms with Gasteiger partial charge in [0.1, 0.15) is 0 Å². The number of piperidine rings is 1. The minimum atomic E-state index is -0.902. The third kappa shape index (κ3) is 4.10. The molecule has 6 heteroatoms. The predicted octanol–water partition coefficient (Wildman–Crippen LogP) is 5.43. The Hall–Kier alpha value is -2.34. The molecule has 1 fully saturated rings. The third-order valence-electron chi connectivity index (χ3n) is 6.23. The van der Waals surface area contributed by atoms with Gasteiger partial charge in [-0.25, -0.2) is 4.79 Å². The number of carboxylic acids is 1. The second kappa shape index (κ2) is 8.80. The summed E-state index contributed by atoms with van der Waals surface area (Å²) in [5.74, 6) is -0.420. The number of methoxy groups -OCH3 is 1. The van der Waals surface area contributed by atoms with Gasteiger partial charge in [0.05, 0.1) is 5.56 Å². The van der Waals surface area contributed by atoms with Crippen molar-refractivity contribution >= 4 is 28.5 Å². The van der Waals surface area contributed by atoms with Crippen molar-refractivity contribution in [3.05, 3.63) is 69.9 Å². The molecule has 30 heavy (non-hydrogen) atoms. The van der Waals surface area contributed by atoms with E-state index in [0.717, 1.165) is 59.8 Å². The number of aromatic amines is 1. The highest BCUT2D eigenvalue weighted by Crippen LogP contribution is 2.38. The average Bonchev–Trinajstić information content (AvgIpc) is 3.22. The molecule has 3 aromatic rings. The first kappa shape index (κ1) is 20.9. The van der Waals surface area contributed by atoms with Crippen LogP contribution in [-0.2, 0) is 11.3 Å². The fourth-order valence-electron chi connectivity index (χ4n) is 4.65. The Labute approximate surface area is 181 Å². The summed E-state index contributed by atoms with van der Waals surface area (Å²) in [6.45, 7) is 4.50. The second-order valence-electron chi connectivity index (χ2n) is 8.18. The molecule has 0 aliphatic carbocycles. The molecule has 0 spiro atoms. The van der Waals surface area contributed by atoms with E-state index in [4.69, 9.17) is 16.3 Å². The van der Waals surface area contributed by atoms with E-state index >= 15 is 0 Å². The molecule has 2 aromatic carbocycles. The zero-order valence-corrected chi connectivity index (χ0v) is 18.1. The number of H-pyrrole nitrogens is 1. The molecule has 5 nitrogen and oxygen atoms in total. The highest BCUT2D eigenvalue weighted by Gasteiger charge is 2.30. The van der Waals surface area contributed by atoms with Gasteiger partial charge < -0.3 is 14.8 Å². The van der Waals surface area contributed by atoms with E-state index in [1.165, 1.54) is 5.39 Å². The van der Waals surface area contributed by atoms with Crippen molar-refractivity contribution in [2.24, 2.45) is 5.92 Å². The van der Waals surface area contributed by atoms with E-state index in [-0.39, 0.29) is 6.04 Å². The molecule has 0 bridgehead atoms. The van der Waals surface area contributed by atoms with Gasteiger partial charge in [0.2, 0.25) is 0 Å². The molecule has 2 atom stereocenters. The van der Waals surface area contributed by atoms with Crippen LogP contribution >= 0.6 is 11.6 Å². The van der Waals surface area contributed by atoms with Gasteiger partial charge in [-0.05, 0) is 73.2 Å². The fraction of sp³-hybridized carbons (Fsp3) is 0.375. The number of aryl methyl sites for hydroxylation is 1. The molecule has 1 saturated heterocycles. The highest BCUT2D eigenvalue weighted by atomic mass is 35.5. The Morgan fingerprint density at radius 1 is 1.30 bits per heavy atom. The number of nitrogens with one attached hydrogen (secondary N) is 1. The number of fused-ring (bicyclic) bond motifs is 1. The Bertz CT molecular complexity index is 1040. The molecular weight excluding hydrogens is 400 g/mol. The molecule has 0 radical (unpaired) electrons. The van der Waals surface area contributed by atoms with Gasteiger partial charge in [-0.1, -0.05) is 23.7 Å². The number of aromatic carboxylic acids is 1. The number of hydrogen-bond acceptors (Lipinski definition) is 3. The van der Waals surface area contributed by atoms with Crippen LogP contribution in [-0.4, -0.2) is 41.2 Å². The number of carboxylic acid groups (broad SMARTS) is 1. The van der Waals surface area contributed by atoms with Gasteiger partial charge in [-0.2, -0.15) is 0 Å². The zero-order valence-electron chi connectivity index (χ0n) is 17.3. The molecule has 1 unspecified atom stereocenters. The molecule has 1 aliphatic rings. The topological polar surface area (TPSA) is 65.6 Å². The van der Waals surface area contributed by atoms with Crippen LogP contribution in [0.3, 0.4) is 0 Å². The summed E-state index contributed by atoms with van der Waals surface area (Å²) in [4.78, 5) is 17.0. The van der Waals surface area contributed by atoms with E-state index in [0.29, 0.717) is 11.5 Å².